The van der Waals surface area contributed by atoms with Gasteiger partial charge in [-0.25, -0.2) is 0 Å². The fourth-order valence-electron chi connectivity index (χ4n) is 10.4. The predicted octanol–water partition coefficient (Wildman–Crippen LogP) is 10.7. The molecule has 0 saturated heterocycles. The Labute approximate surface area is 263 Å². The zero-order valence-corrected chi connectivity index (χ0v) is 30.2. The first-order valence-electron chi connectivity index (χ1n) is 17.5. The molecule has 2 heteroatoms. The molecule has 0 aliphatic heterocycles. The lowest BCUT2D eigenvalue weighted by Crippen LogP contribution is -2.42. The quantitative estimate of drug-likeness (QED) is 0.356. The summed E-state index contributed by atoms with van der Waals surface area (Å²) >= 11 is 0. The van der Waals surface area contributed by atoms with Crippen LogP contribution in [0.25, 0.3) is 11.1 Å². The molecule has 2 nitrogen and oxygen atoms in total. The standard InChI is InChI=1S/C41H60O2/c1-15-43-35-29(25-21-17-19-23-27(25)31-33(35)39(8,9)41(12,13)37(31,4)5)28-24-20-16-18-22-26(24)30-32(34(28)42-14)38(6,7)40(10,11)36(30,2)3/h15-23H2,1-14H3. The van der Waals surface area contributed by atoms with Crippen LogP contribution < -0.4 is 9.47 Å². The molecule has 0 radical (unpaired) electrons. The first kappa shape index (κ1) is 31.0. The van der Waals surface area contributed by atoms with Crippen LogP contribution in [0.1, 0.15) is 160 Å². The Balaban J connectivity index is 1.86. The molecule has 0 aromatic heterocycles. The summed E-state index contributed by atoms with van der Waals surface area (Å²) in [5.41, 5.74) is 15.5. The van der Waals surface area contributed by atoms with Gasteiger partial charge in [0.25, 0.3) is 0 Å². The van der Waals surface area contributed by atoms with Crippen molar-refractivity contribution in [3.8, 4) is 22.6 Å². The van der Waals surface area contributed by atoms with Gasteiger partial charge in [-0.3, -0.25) is 0 Å². The summed E-state index contributed by atoms with van der Waals surface area (Å²) in [5.74, 6) is 2.31. The van der Waals surface area contributed by atoms with E-state index in [-0.39, 0.29) is 32.5 Å². The van der Waals surface area contributed by atoms with Gasteiger partial charge in [-0.1, -0.05) is 83.1 Å². The predicted molar refractivity (Wildman–Crippen MR) is 183 cm³/mol. The zero-order valence-electron chi connectivity index (χ0n) is 30.2. The van der Waals surface area contributed by atoms with Gasteiger partial charge in [-0.05, 0) is 124 Å². The fraction of sp³-hybridized carbons (Fsp3) is 0.707. The number of rotatable bonds is 4. The number of ether oxygens (including phenoxy) is 2. The van der Waals surface area contributed by atoms with Crippen molar-refractivity contribution < 1.29 is 9.47 Å². The van der Waals surface area contributed by atoms with Crippen molar-refractivity contribution in [1.82, 2.24) is 0 Å². The van der Waals surface area contributed by atoms with E-state index in [0.717, 1.165) is 18.6 Å². The maximum absolute atomic E-state index is 7.01. The van der Waals surface area contributed by atoms with E-state index in [0.29, 0.717) is 6.61 Å². The Hall–Kier alpha value is -1.96. The highest BCUT2D eigenvalue weighted by atomic mass is 16.5. The number of benzene rings is 2. The van der Waals surface area contributed by atoms with Crippen LogP contribution in [-0.2, 0) is 47.3 Å². The average Bonchev–Trinajstić information content (AvgIpc) is 3.12. The van der Waals surface area contributed by atoms with Crippen molar-refractivity contribution in [2.75, 3.05) is 13.7 Å². The van der Waals surface area contributed by atoms with Gasteiger partial charge in [0.1, 0.15) is 11.5 Å². The van der Waals surface area contributed by atoms with Crippen molar-refractivity contribution >= 4 is 0 Å². The van der Waals surface area contributed by atoms with Crippen LogP contribution >= 0.6 is 0 Å². The summed E-state index contributed by atoms with van der Waals surface area (Å²) in [4.78, 5) is 0. The van der Waals surface area contributed by atoms with Crippen LogP contribution in [0, 0.1) is 10.8 Å². The highest BCUT2D eigenvalue weighted by Crippen LogP contribution is 2.70. The molecule has 0 heterocycles. The summed E-state index contributed by atoms with van der Waals surface area (Å²) in [5, 5.41) is 0. The van der Waals surface area contributed by atoms with E-state index in [4.69, 9.17) is 9.47 Å². The number of methoxy groups -OCH3 is 1. The molecule has 0 atom stereocenters. The smallest absolute Gasteiger partial charge is 0.131 e. The number of fused-ring (bicyclic) bond motifs is 6. The van der Waals surface area contributed by atoms with Crippen LogP contribution in [0.15, 0.2) is 0 Å². The molecule has 2 aromatic rings. The lowest BCUT2D eigenvalue weighted by molar-refractivity contribution is 0.123. The van der Waals surface area contributed by atoms with Gasteiger partial charge >= 0.3 is 0 Å². The van der Waals surface area contributed by atoms with Gasteiger partial charge in [0.15, 0.2) is 0 Å². The summed E-state index contributed by atoms with van der Waals surface area (Å²) in [7, 11) is 1.94. The first-order chi connectivity index (χ1) is 19.9. The fourth-order valence-corrected chi connectivity index (χ4v) is 10.4. The molecule has 0 fully saturated rings. The third-order valence-corrected chi connectivity index (χ3v) is 15.0. The van der Waals surface area contributed by atoms with Crippen LogP contribution in [0.5, 0.6) is 11.5 Å². The Bertz CT molecular complexity index is 1510. The first-order valence-corrected chi connectivity index (χ1v) is 17.5. The Kier molecular flexibility index (Phi) is 6.71. The lowest BCUT2D eigenvalue weighted by Gasteiger charge is -2.45. The third kappa shape index (κ3) is 3.48. The van der Waals surface area contributed by atoms with Gasteiger partial charge in [-0.15, -0.1) is 0 Å². The molecule has 0 bridgehead atoms. The molecule has 4 aliphatic carbocycles. The maximum Gasteiger partial charge on any atom is 0.131 e. The van der Waals surface area contributed by atoms with E-state index < -0.39 is 0 Å². The Morgan fingerprint density at radius 1 is 0.465 bits per heavy atom. The topological polar surface area (TPSA) is 18.5 Å². The Morgan fingerprint density at radius 3 is 1.16 bits per heavy atom. The lowest BCUT2D eigenvalue weighted by atomic mass is 9.59. The van der Waals surface area contributed by atoms with Crippen molar-refractivity contribution in [3.05, 3.63) is 44.5 Å². The van der Waals surface area contributed by atoms with E-state index in [1.807, 2.05) is 7.11 Å². The molecule has 4 aliphatic rings. The average molecular weight is 585 g/mol. The molecule has 6 rings (SSSR count). The second kappa shape index (κ2) is 9.29. The molecule has 43 heavy (non-hydrogen) atoms. The van der Waals surface area contributed by atoms with Gasteiger partial charge < -0.3 is 9.47 Å². The summed E-state index contributed by atoms with van der Waals surface area (Å²) in [6, 6.07) is 0. The SMILES string of the molecule is CCOc1c(-c2c3c(c4c(c2OC)C(C)(C)C(C)(C)C4(C)C)CCCC3)c2c(c3c1C(C)(C)C(C)(C)C3(C)C)CCCC2. The minimum Gasteiger partial charge on any atom is -0.496 e. The van der Waals surface area contributed by atoms with Crippen LogP contribution in [0.4, 0.5) is 0 Å². The van der Waals surface area contributed by atoms with Crippen molar-refractivity contribution in [2.24, 2.45) is 10.8 Å². The molecule has 236 valence electrons. The van der Waals surface area contributed by atoms with Crippen molar-refractivity contribution in [2.45, 2.75) is 163 Å². The van der Waals surface area contributed by atoms with Gasteiger partial charge in [-0.2, -0.15) is 0 Å². The van der Waals surface area contributed by atoms with E-state index in [9.17, 15) is 0 Å². The highest BCUT2D eigenvalue weighted by Gasteiger charge is 2.62. The monoisotopic (exact) mass is 584 g/mol. The van der Waals surface area contributed by atoms with E-state index in [1.54, 1.807) is 33.4 Å². The number of hydrogen-bond acceptors (Lipinski definition) is 2. The van der Waals surface area contributed by atoms with Crippen LogP contribution in [0.3, 0.4) is 0 Å². The molecule has 0 spiro atoms. The second-order valence-electron chi connectivity index (χ2n) is 17.6. The summed E-state index contributed by atoms with van der Waals surface area (Å²) in [6.07, 6.45) is 9.65. The van der Waals surface area contributed by atoms with Gasteiger partial charge in [0.2, 0.25) is 0 Å². The molecular weight excluding hydrogens is 524 g/mol. The number of hydrogen-bond donors (Lipinski definition) is 0. The van der Waals surface area contributed by atoms with E-state index in [2.05, 4.69) is 90.0 Å². The Morgan fingerprint density at radius 2 is 0.791 bits per heavy atom. The van der Waals surface area contributed by atoms with Crippen molar-refractivity contribution in [3.63, 3.8) is 0 Å². The molecule has 0 saturated carbocycles. The largest absolute Gasteiger partial charge is 0.496 e. The molecule has 2 aromatic carbocycles. The van der Waals surface area contributed by atoms with Crippen LogP contribution in [-0.4, -0.2) is 13.7 Å². The van der Waals surface area contributed by atoms with E-state index >= 15 is 0 Å². The second-order valence-corrected chi connectivity index (χ2v) is 17.6. The molecule has 0 amide bonds. The van der Waals surface area contributed by atoms with Gasteiger partial charge in [0.05, 0.1) is 13.7 Å². The third-order valence-electron chi connectivity index (χ3n) is 15.0. The highest BCUT2D eigenvalue weighted by molar-refractivity contribution is 5.90. The summed E-state index contributed by atoms with van der Waals surface area (Å²) < 4.78 is 13.8. The normalized spacial score (nSPS) is 24.5. The zero-order chi connectivity index (χ0) is 31.7. The van der Waals surface area contributed by atoms with Crippen LogP contribution in [0.2, 0.25) is 0 Å². The van der Waals surface area contributed by atoms with Gasteiger partial charge in [0, 0.05) is 22.3 Å². The minimum absolute atomic E-state index is 0.0369. The van der Waals surface area contributed by atoms with Crippen molar-refractivity contribution in [1.29, 1.82) is 0 Å². The molecule has 0 N–H and O–H groups in total. The van der Waals surface area contributed by atoms with E-state index in [1.165, 1.54) is 66.5 Å². The molecular formula is C41H60O2. The maximum atomic E-state index is 7.01. The summed E-state index contributed by atoms with van der Waals surface area (Å²) in [6.45, 7) is 32.8. The minimum atomic E-state index is -0.0375. The molecule has 0 unspecified atom stereocenters.